The van der Waals surface area contributed by atoms with Crippen LogP contribution in [0.25, 0.3) is 0 Å². The van der Waals surface area contributed by atoms with Crippen LogP contribution in [0, 0.1) is 5.41 Å². The predicted octanol–water partition coefficient (Wildman–Crippen LogP) is 0.953. The molecule has 64 valence electrons. The van der Waals surface area contributed by atoms with Crippen molar-refractivity contribution in [2.45, 2.75) is 32.6 Å². The van der Waals surface area contributed by atoms with E-state index >= 15 is 0 Å². The van der Waals surface area contributed by atoms with E-state index in [-0.39, 0.29) is 5.91 Å². The standard InChI is InChI=1S/C6H13NO.CHNO/c1-2-3-4-5-6(7)8;2-1-3/h2-5H2,1H3,(H2,7,8);2H. The number of hydrogen-bond acceptors (Lipinski definition) is 3. The second kappa shape index (κ2) is 11.6. The van der Waals surface area contributed by atoms with Crippen molar-refractivity contribution < 1.29 is 9.59 Å². The van der Waals surface area contributed by atoms with Crippen molar-refractivity contribution >= 4 is 12.0 Å². The normalized spacial score (nSPS) is 7.36. The molecule has 0 saturated heterocycles. The number of amides is 1. The fourth-order valence-corrected chi connectivity index (χ4v) is 0.549. The molecule has 0 heterocycles. The molecule has 0 unspecified atom stereocenters. The largest absolute Gasteiger partial charge is 0.370 e. The van der Waals surface area contributed by atoms with Crippen LogP contribution in [-0.2, 0) is 9.59 Å². The highest BCUT2D eigenvalue weighted by Crippen LogP contribution is 1.96. The Kier molecular flexibility index (Phi) is 13.2. The minimum atomic E-state index is -0.182. The van der Waals surface area contributed by atoms with E-state index in [0.29, 0.717) is 6.42 Å². The van der Waals surface area contributed by atoms with E-state index in [9.17, 15) is 4.79 Å². The van der Waals surface area contributed by atoms with Gasteiger partial charge in [0.25, 0.3) is 0 Å². The van der Waals surface area contributed by atoms with E-state index in [1.54, 1.807) is 0 Å². The summed E-state index contributed by atoms with van der Waals surface area (Å²) in [5.74, 6) is -0.182. The van der Waals surface area contributed by atoms with Gasteiger partial charge in [0.2, 0.25) is 12.0 Å². The first kappa shape index (κ1) is 12.5. The lowest BCUT2D eigenvalue weighted by Crippen LogP contribution is -2.09. The number of nitrogens with two attached hydrogens (primary N) is 1. The minimum absolute atomic E-state index is 0.182. The number of nitrogens with one attached hydrogen (secondary N) is 1. The molecule has 3 N–H and O–H groups in total. The number of carbonyl (C=O) groups is 1. The summed E-state index contributed by atoms with van der Waals surface area (Å²) in [6, 6.07) is 0. The zero-order valence-electron chi connectivity index (χ0n) is 6.72. The van der Waals surface area contributed by atoms with E-state index in [1.807, 2.05) is 0 Å². The summed E-state index contributed by atoms with van der Waals surface area (Å²) in [6.45, 7) is 2.10. The average Bonchev–Trinajstić information content (AvgIpc) is 1.89. The fraction of sp³-hybridized carbons (Fsp3) is 0.714. The van der Waals surface area contributed by atoms with Gasteiger partial charge < -0.3 is 5.73 Å². The molecule has 4 heteroatoms. The molecule has 0 fully saturated rings. The van der Waals surface area contributed by atoms with Crippen LogP contribution >= 0.6 is 0 Å². The number of isocyanates is 1. The Hall–Kier alpha value is -1.15. The van der Waals surface area contributed by atoms with Gasteiger partial charge in [0.1, 0.15) is 0 Å². The van der Waals surface area contributed by atoms with E-state index in [2.05, 4.69) is 6.92 Å². The lowest BCUT2D eigenvalue weighted by molar-refractivity contribution is -0.118. The summed E-state index contributed by atoms with van der Waals surface area (Å²) < 4.78 is 0. The van der Waals surface area contributed by atoms with E-state index in [0.717, 1.165) is 25.3 Å². The van der Waals surface area contributed by atoms with Gasteiger partial charge in [-0.25, -0.2) is 10.2 Å². The highest BCUT2D eigenvalue weighted by molar-refractivity contribution is 5.73. The Morgan fingerprint density at radius 1 is 1.55 bits per heavy atom. The summed E-state index contributed by atoms with van der Waals surface area (Å²) >= 11 is 0. The van der Waals surface area contributed by atoms with Crippen LogP contribution < -0.4 is 5.73 Å². The number of rotatable bonds is 4. The van der Waals surface area contributed by atoms with E-state index in [1.165, 1.54) is 0 Å². The molecule has 0 aliphatic heterocycles. The third-order valence-corrected chi connectivity index (χ3v) is 1.03. The summed E-state index contributed by atoms with van der Waals surface area (Å²) in [4.78, 5) is 18.4. The van der Waals surface area contributed by atoms with Crippen molar-refractivity contribution in [3.05, 3.63) is 0 Å². The highest BCUT2D eigenvalue weighted by atomic mass is 16.1. The minimum Gasteiger partial charge on any atom is -0.370 e. The Morgan fingerprint density at radius 2 is 2.00 bits per heavy atom. The maximum absolute atomic E-state index is 10.1. The summed E-state index contributed by atoms with van der Waals surface area (Å²) in [6.07, 6.45) is 4.51. The first-order valence-corrected chi connectivity index (χ1v) is 3.51. The molecule has 11 heavy (non-hydrogen) atoms. The van der Waals surface area contributed by atoms with Crippen molar-refractivity contribution in [1.29, 1.82) is 5.41 Å². The topological polar surface area (TPSA) is 84.0 Å². The molecular weight excluding hydrogens is 144 g/mol. The maximum atomic E-state index is 10.1. The van der Waals surface area contributed by atoms with Crippen LogP contribution in [0.15, 0.2) is 0 Å². The van der Waals surface area contributed by atoms with Gasteiger partial charge in [-0.15, -0.1) is 0 Å². The molecular formula is C7H14N2O2. The average molecular weight is 158 g/mol. The Labute approximate surface area is 66.3 Å². The Morgan fingerprint density at radius 3 is 2.27 bits per heavy atom. The van der Waals surface area contributed by atoms with Gasteiger partial charge >= 0.3 is 0 Å². The van der Waals surface area contributed by atoms with Gasteiger partial charge in [-0.2, -0.15) is 0 Å². The summed E-state index contributed by atoms with van der Waals surface area (Å²) in [7, 11) is 0. The van der Waals surface area contributed by atoms with Crippen LogP contribution in [0.3, 0.4) is 0 Å². The summed E-state index contributed by atoms with van der Waals surface area (Å²) in [5, 5.41) is 5.40. The number of carbonyl (C=O) groups excluding carboxylic acids is 2. The second-order valence-electron chi connectivity index (χ2n) is 2.03. The van der Waals surface area contributed by atoms with Crippen molar-refractivity contribution in [1.82, 2.24) is 0 Å². The molecule has 0 aliphatic rings. The fourth-order valence-electron chi connectivity index (χ4n) is 0.549. The lowest BCUT2D eigenvalue weighted by Gasteiger charge is -1.90. The Balaban J connectivity index is 0. The van der Waals surface area contributed by atoms with E-state index in [4.69, 9.17) is 15.9 Å². The van der Waals surface area contributed by atoms with Crippen LogP contribution in [-0.4, -0.2) is 12.0 Å². The quantitative estimate of drug-likeness (QED) is 0.362. The molecule has 0 bridgehead atoms. The molecule has 0 spiro atoms. The van der Waals surface area contributed by atoms with Crippen molar-refractivity contribution in [3.8, 4) is 0 Å². The molecule has 1 amide bonds. The van der Waals surface area contributed by atoms with Gasteiger partial charge in [-0.1, -0.05) is 19.8 Å². The van der Waals surface area contributed by atoms with Gasteiger partial charge in [0.15, 0.2) is 0 Å². The zero-order chi connectivity index (χ0) is 9.11. The number of unbranched alkanes of at least 4 members (excludes halogenated alkanes) is 2. The van der Waals surface area contributed by atoms with Gasteiger partial charge in [-0.3, -0.25) is 4.79 Å². The molecule has 0 aliphatic carbocycles. The monoisotopic (exact) mass is 158 g/mol. The zero-order valence-corrected chi connectivity index (χ0v) is 6.72. The van der Waals surface area contributed by atoms with Crippen LogP contribution in [0.5, 0.6) is 0 Å². The van der Waals surface area contributed by atoms with Crippen molar-refractivity contribution in [2.75, 3.05) is 0 Å². The first-order valence-electron chi connectivity index (χ1n) is 3.51. The van der Waals surface area contributed by atoms with Gasteiger partial charge in [-0.05, 0) is 6.42 Å². The highest BCUT2D eigenvalue weighted by Gasteiger charge is 1.90. The Bertz CT molecular complexity index is 128. The molecule has 0 saturated carbocycles. The lowest BCUT2D eigenvalue weighted by atomic mass is 10.2. The van der Waals surface area contributed by atoms with Crippen LogP contribution in [0.2, 0.25) is 0 Å². The number of hydrogen-bond donors (Lipinski definition) is 2. The molecule has 0 aromatic heterocycles. The maximum Gasteiger partial charge on any atom is 0.231 e. The van der Waals surface area contributed by atoms with Gasteiger partial charge in [0.05, 0.1) is 0 Å². The molecule has 0 rings (SSSR count). The molecule has 0 radical (unpaired) electrons. The molecule has 0 aromatic rings. The molecule has 0 aromatic carbocycles. The third kappa shape index (κ3) is 28.0. The second-order valence-corrected chi connectivity index (χ2v) is 2.03. The third-order valence-electron chi connectivity index (χ3n) is 1.03. The predicted molar refractivity (Wildman–Crippen MR) is 41.7 cm³/mol. The SMILES string of the molecule is CCCCCC(N)=O.N=C=O. The number of primary amides is 1. The smallest absolute Gasteiger partial charge is 0.231 e. The van der Waals surface area contributed by atoms with Crippen LogP contribution in [0.4, 0.5) is 0 Å². The van der Waals surface area contributed by atoms with Crippen molar-refractivity contribution in [2.24, 2.45) is 5.73 Å². The summed E-state index contributed by atoms with van der Waals surface area (Å²) in [5.41, 5.74) is 4.89. The van der Waals surface area contributed by atoms with Crippen LogP contribution in [0.1, 0.15) is 32.6 Å². The van der Waals surface area contributed by atoms with E-state index < -0.39 is 0 Å². The molecule has 4 nitrogen and oxygen atoms in total. The van der Waals surface area contributed by atoms with Gasteiger partial charge in [0, 0.05) is 6.42 Å². The van der Waals surface area contributed by atoms with Crippen molar-refractivity contribution in [3.63, 3.8) is 0 Å². The molecule has 0 atom stereocenters. The first-order chi connectivity index (χ1) is 5.18.